The molecule has 144 valence electrons. The van der Waals surface area contributed by atoms with E-state index < -0.39 is 0 Å². The molecule has 0 unspecified atom stereocenters. The second-order valence-corrected chi connectivity index (χ2v) is 8.41. The van der Waals surface area contributed by atoms with Crippen molar-refractivity contribution < 1.29 is 4.79 Å². The van der Waals surface area contributed by atoms with Gasteiger partial charge in [0.05, 0.1) is 17.0 Å². The number of piperidine rings is 2. The lowest BCUT2D eigenvalue weighted by atomic mass is 9.79. The van der Waals surface area contributed by atoms with Gasteiger partial charge in [-0.3, -0.25) is 4.79 Å². The highest BCUT2D eigenvalue weighted by Gasteiger charge is 2.32. The van der Waals surface area contributed by atoms with Gasteiger partial charge in [-0.2, -0.15) is 0 Å². The zero-order valence-electron chi connectivity index (χ0n) is 16.0. The molecule has 2 aliphatic rings. The molecule has 0 saturated carbocycles. The summed E-state index contributed by atoms with van der Waals surface area (Å²) < 4.78 is 0. The normalized spacial score (nSPS) is 19.5. The summed E-state index contributed by atoms with van der Waals surface area (Å²) in [5, 5.41) is 9.18. The van der Waals surface area contributed by atoms with Crippen molar-refractivity contribution >= 4 is 22.4 Å². The molecule has 2 fully saturated rings. The Balaban J connectivity index is 1.31. The zero-order chi connectivity index (χ0) is 18.8. The van der Waals surface area contributed by atoms with Gasteiger partial charge in [0.1, 0.15) is 11.8 Å². The third-order valence-corrected chi connectivity index (χ3v) is 6.84. The van der Waals surface area contributed by atoms with E-state index >= 15 is 0 Å². The van der Waals surface area contributed by atoms with Gasteiger partial charge in [0.25, 0.3) is 5.91 Å². The van der Waals surface area contributed by atoms with Crippen molar-refractivity contribution in [1.82, 2.24) is 25.1 Å². The van der Waals surface area contributed by atoms with Crippen LogP contribution in [0.3, 0.4) is 0 Å². The van der Waals surface area contributed by atoms with Crippen molar-refractivity contribution in [2.45, 2.75) is 39.5 Å². The lowest BCUT2D eigenvalue weighted by Gasteiger charge is -2.40. The predicted octanol–water partition coefficient (Wildman–Crippen LogP) is 2.71. The van der Waals surface area contributed by atoms with Gasteiger partial charge in [-0.05, 0) is 51.4 Å². The average molecular weight is 387 g/mol. The topological polar surface area (TPSA) is 75.1 Å². The smallest absolute Gasteiger partial charge is 0.257 e. The Morgan fingerprint density at radius 3 is 2.15 bits per heavy atom. The van der Waals surface area contributed by atoms with E-state index in [1.807, 2.05) is 18.7 Å². The van der Waals surface area contributed by atoms with Gasteiger partial charge < -0.3 is 9.80 Å². The highest BCUT2D eigenvalue weighted by molar-refractivity contribution is 7.13. The third kappa shape index (κ3) is 3.81. The lowest BCUT2D eigenvalue weighted by molar-refractivity contribution is 0.0643. The van der Waals surface area contributed by atoms with E-state index in [0.717, 1.165) is 67.4 Å². The van der Waals surface area contributed by atoms with E-state index in [0.29, 0.717) is 5.56 Å². The second kappa shape index (κ2) is 7.88. The maximum Gasteiger partial charge on any atom is 0.257 e. The first-order chi connectivity index (χ1) is 13.1. The van der Waals surface area contributed by atoms with Crippen molar-refractivity contribution in [1.29, 1.82) is 0 Å². The van der Waals surface area contributed by atoms with Gasteiger partial charge in [-0.1, -0.05) is 11.3 Å². The van der Waals surface area contributed by atoms with E-state index in [2.05, 4.69) is 25.1 Å². The third-order valence-electron chi connectivity index (χ3n) is 6.09. The van der Waals surface area contributed by atoms with Crippen LogP contribution >= 0.6 is 11.3 Å². The van der Waals surface area contributed by atoms with Gasteiger partial charge in [-0.15, -0.1) is 10.2 Å². The molecular formula is C19H26N6OS. The van der Waals surface area contributed by atoms with Gasteiger partial charge in [-0.25, -0.2) is 9.97 Å². The number of nitrogens with zero attached hydrogens (tertiary/aromatic N) is 6. The van der Waals surface area contributed by atoms with Crippen molar-refractivity contribution in [3.8, 4) is 0 Å². The molecule has 0 N–H and O–H groups in total. The number of hydrogen-bond donors (Lipinski definition) is 0. The number of likely N-dealkylation sites (tertiary alicyclic amines) is 1. The summed E-state index contributed by atoms with van der Waals surface area (Å²) in [6, 6.07) is 0. The first-order valence-electron chi connectivity index (χ1n) is 9.72. The first kappa shape index (κ1) is 18.3. The van der Waals surface area contributed by atoms with Crippen molar-refractivity contribution in [3.63, 3.8) is 0 Å². The van der Waals surface area contributed by atoms with Crippen molar-refractivity contribution in [2.75, 3.05) is 31.1 Å². The van der Waals surface area contributed by atoms with Gasteiger partial charge >= 0.3 is 0 Å². The SMILES string of the molecule is Cc1ncnc(C)c1C(=O)N1CCC(C2CCN(c3nncs3)CC2)CC1. The van der Waals surface area contributed by atoms with Crippen LogP contribution < -0.4 is 4.90 Å². The zero-order valence-corrected chi connectivity index (χ0v) is 16.8. The average Bonchev–Trinajstić information content (AvgIpc) is 3.23. The van der Waals surface area contributed by atoms with Crippen molar-refractivity contribution in [2.24, 2.45) is 11.8 Å². The maximum absolute atomic E-state index is 12.9. The minimum Gasteiger partial charge on any atom is -0.347 e. The highest BCUT2D eigenvalue weighted by Crippen LogP contribution is 2.34. The molecular weight excluding hydrogens is 360 g/mol. The number of aromatic nitrogens is 4. The van der Waals surface area contributed by atoms with E-state index in [9.17, 15) is 4.79 Å². The summed E-state index contributed by atoms with van der Waals surface area (Å²) in [6.07, 6.45) is 6.15. The molecule has 2 aromatic heterocycles. The lowest BCUT2D eigenvalue weighted by Crippen LogP contribution is -2.43. The summed E-state index contributed by atoms with van der Waals surface area (Å²) in [4.78, 5) is 25.7. The monoisotopic (exact) mass is 386 g/mol. The molecule has 0 spiro atoms. The fourth-order valence-electron chi connectivity index (χ4n) is 4.50. The van der Waals surface area contributed by atoms with Crippen LogP contribution in [-0.2, 0) is 0 Å². The molecule has 2 saturated heterocycles. The molecule has 8 heteroatoms. The summed E-state index contributed by atoms with van der Waals surface area (Å²) in [6.45, 7) is 7.60. The van der Waals surface area contributed by atoms with Crippen LogP contribution in [-0.4, -0.2) is 57.2 Å². The second-order valence-electron chi connectivity index (χ2n) is 7.59. The number of amides is 1. The number of anilines is 1. The molecule has 0 radical (unpaired) electrons. The molecule has 2 aromatic rings. The molecule has 0 atom stereocenters. The van der Waals surface area contributed by atoms with Crippen LogP contribution in [0, 0.1) is 25.7 Å². The van der Waals surface area contributed by atoms with E-state index in [-0.39, 0.29) is 5.91 Å². The minimum atomic E-state index is 0.0927. The first-order valence-corrected chi connectivity index (χ1v) is 10.6. The van der Waals surface area contributed by atoms with Crippen LogP contribution in [0.2, 0.25) is 0 Å². The van der Waals surface area contributed by atoms with Gasteiger partial charge in [0.2, 0.25) is 5.13 Å². The minimum absolute atomic E-state index is 0.0927. The standard InChI is InChI=1S/C19H26N6OS/c1-13-17(14(2)21-11-20-13)18(26)24-7-3-15(4-8-24)16-5-9-25(10-6-16)19-23-22-12-27-19/h11-12,15-16H,3-10H2,1-2H3. The van der Waals surface area contributed by atoms with Crippen LogP contribution in [0.1, 0.15) is 47.4 Å². The molecule has 0 bridgehead atoms. The molecule has 27 heavy (non-hydrogen) atoms. The molecule has 0 aliphatic carbocycles. The molecule has 0 aromatic carbocycles. The quantitative estimate of drug-likeness (QED) is 0.807. The molecule has 2 aliphatic heterocycles. The molecule has 1 amide bonds. The Hall–Kier alpha value is -2.09. The van der Waals surface area contributed by atoms with Crippen LogP contribution in [0.4, 0.5) is 5.13 Å². The van der Waals surface area contributed by atoms with Crippen LogP contribution in [0.5, 0.6) is 0 Å². The Kier molecular flexibility index (Phi) is 5.33. The summed E-state index contributed by atoms with van der Waals surface area (Å²) >= 11 is 1.62. The highest BCUT2D eigenvalue weighted by atomic mass is 32.1. The predicted molar refractivity (Wildman–Crippen MR) is 105 cm³/mol. The molecule has 7 nitrogen and oxygen atoms in total. The van der Waals surface area contributed by atoms with Crippen molar-refractivity contribution in [3.05, 3.63) is 28.8 Å². The summed E-state index contributed by atoms with van der Waals surface area (Å²) in [7, 11) is 0. The summed E-state index contributed by atoms with van der Waals surface area (Å²) in [5.41, 5.74) is 4.04. The fourth-order valence-corrected chi connectivity index (χ4v) is 5.12. The van der Waals surface area contributed by atoms with E-state index in [1.54, 1.807) is 16.8 Å². The Bertz CT molecular complexity index is 759. The molecule has 4 rings (SSSR count). The van der Waals surface area contributed by atoms with Crippen LogP contribution in [0.25, 0.3) is 0 Å². The van der Waals surface area contributed by atoms with Crippen LogP contribution in [0.15, 0.2) is 11.8 Å². The summed E-state index contributed by atoms with van der Waals surface area (Å²) in [5.74, 6) is 1.57. The number of hydrogen-bond acceptors (Lipinski definition) is 7. The van der Waals surface area contributed by atoms with E-state index in [1.165, 1.54) is 19.2 Å². The number of rotatable bonds is 3. The van der Waals surface area contributed by atoms with Gasteiger partial charge in [0, 0.05) is 26.2 Å². The largest absolute Gasteiger partial charge is 0.347 e. The fraction of sp³-hybridized carbons (Fsp3) is 0.632. The van der Waals surface area contributed by atoms with Gasteiger partial charge in [0.15, 0.2) is 0 Å². The Labute approximate surface area is 163 Å². The number of aryl methyl sites for hydroxylation is 2. The molecule has 4 heterocycles. The van der Waals surface area contributed by atoms with E-state index in [4.69, 9.17) is 0 Å². The maximum atomic E-state index is 12.9. The number of carbonyl (C=O) groups is 1. The Morgan fingerprint density at radius 2 is 1.59 bits per heavy atom. The Morgan fingerprint density at radius 1 is 1.00 bits per heavy atom. The number of carbonyl (C=O) groups excluding carboxylic acids is 1.